The Balaban J connectivity index is 2.29. The molecule has 0 spiro atoms. The summed E-state index contributed by atoms with van der Waals surface area (Å²) >= 11 is 0. The van der Waals surface area contributed by atoms with Crippen molar-refractivity contribution in [1.29, 1.82) is 0 Å². The number of rotatable bonds is 6. The number of hydrogen-bond acceptors (Lipinski definition) is 2. The van der Waals surface area contributed by atoms with E-state index in [1.54, 1.807) is 7.11 Å². The second-order valence-electron chi connectivity index (χ2n) is 3.55. The molecule has 86 valence electrons. The molecule has 3 nitrogen and oxygen atoms in total. The van der Waals surface area contributed by atoms with Crippen LogP contribution in [0, 0.1) is 0 Å². The highest BCUT2D eigenvalue weighted by atomic mass is 16.5. The van der Waals surface area contributed by atoms with Gasteiger partial charge in [0.05, 0.1) is 7.11 Å². The second-order valence-corrected chi connectivity index (χ2v) is 3.55. The lowest BCUT2D eigenvalue weighted by Crippen LogP contribution is -2.05. The van der Waals surface area contributed by atoms with Gasteiger partial charge in [0.25, 0.3) is 0 Å². The van der Waals surface area contributed by atoms with Gasteiger partial charge in [0.1, 0.15) is 5.75 Å². The summed E-state index contributed by atoms with van der Waals surface area (Å²) in [6, 6.07) is 8.01. The Morgan fingerprint density at radius 3 is 2.62 bits per heavy atom. The van der Waals surface area contributed by atoms with Gasteiger partial charge in [-0.15, -0.1) is 0 Å². The smallest absolute Gasteiger partial charge is 0.241 e. The molecular formula is C13H17NO2. The zero-order valence-electron chi connectivity index (χ0n) is 9.48. The minimum absolute atomic E-state index is 0.385. The molecule has 0 atom stereocenters. The first kappa shape index (κ1) is 12.3. The second kappa shape index (κ2) is 6.67. The molecule has 0 aliphatic rings. The number of methoxy groups -OCH3 is 1. The number of carbonyl (C=O) groups is 1. The average molecular weight is 219 g/mol. The van der Waals surface area contributed by atoms with Gasteiger partial charge >= 0.3 is 0 Å². The van der Waals surface area contributed by atoms with Crippen molar-refractivity contribution in [3.8, 4) is 5.75 Å². The molecule has 16 heavy (non-hydrogen) atoms. The van der Waals surface area contributed by atoms with E-state index in [1.165, 1.54) is 11.6 Å². The van der Waals surface area contributed by atoms with Crippen molar-refractivity contribution in [2.45, 2.75) is 19.3 Å². The molecular weight excluding hydrogens is 202 g/mol. The van der Waals surface area contributed by atoms with Crippen molar-refractivity contribution in [3.63, 3.8) is 0 Å². The molecule has 1 aromatic rings. The molecule has 1 aromatic carbocycles. The number of aryl methyl sites for hydroxylation is 1. The monoisotopic (exact) mass is 219 g/mol. The van der Waals surface area contributed by atoms with E-state index in [1.807, 2.05) is 18.2 Å². The van der Waals surface area contributed by atoms with E-state index < -0.39 is 0 Å². The summed E-state index contributed by atoms with van der Waals surface area (Å²) < 4.78 is 5.08. The zero-order valence-corrected chi connectivity index (χ0v) is 9.48. The van der Waals surface area contributed by atoms with E-state index in [0.717, 1.165) is 25.0 Å². The Bertz CT molecular complexity index is 355. The van der Waals surface area contributed by atoms with Crippen LogP contribution in [0.2, 0.25) is 0 Å². The van der Waals surface area contributed by atoms with Gasteiger partial charge in [-0.3, -0.25) is 4.79 Å². The first-order valence-corrected chi connectivity index (χ1v) is 5.31. The van der Waals surface area contributed by atoms with Crippen LogP contribution in [0.1, 0.15) is 18.4 Å². The molecule has 0 saturated carbocycles. The Morgan fingerprint density at radius 2 is 2.06 bits per heavy atom. The Hall–Kier alpha value is -1.77. The highest BCUT2D eigenvalue weighted by Gasteiger charge is 1.94. The van der Waals surface area contributed by atoms with Crippen molar-refractivity contribution in [2.75, 3.05) is 7.11 Å². The summed E-state index contributed by atoms with van der Waals surface area (Å²) in [7, 11) is 1.66. The Kier molecular flexibility index (Phi) is 5.12. The molecule has 0 fully saturated rings. The fourth-order valence-corrected chi connectivity index (χ4v) is 1.42. The van der Waals surface area contributed by atoms with Gasteiger partial charge in [-0.2, -0.15) is 0 Å². The minimum atomic E-state index is -0.385. The molecule has 0 unspecified atom stereocenters. The van der Waals surface area contributed by atoms with Crippen LogP contribution < -0.4 is 10.5 Å². The average Bonchev–Trinajstić information content (AvgIpc) is 2.29. The topological polar surface area (TPSA) is 52.3 Å². The van der Waals surface area contributed by atoms with Crippen LogP contribution in [0.5, 0.6) is 5.75 Å². The van der Waals surface area contributed by atoms with Crippen LogP contribution in [-0.2, 0) is 11.2 Å². The molecule has 3 heteroatoms. The molecule has 0 bridgehead atoms. The van der Waals surface area contributed by atoms with Gasteiger partial charge in [0.15, 0.2) is 0 Å². The molecule has 0 saturated heterocycles. The van der Waals surface area contributed by atoms with Crippen molar-refractivity contribution in [1.82, 2.24) is 0 Å². The van der Waals surface area contributed by atoms with E-state index in [0.29, 0.717) is 0 Å². The maximum Gasteiger partial charge on any atom is 0.241 e. The van der Waals surface area contributed by atoms with Crippen LogP contribution >= 0.6 is 0 Å². The Labute approximate surface area is 95.9 Å². The van der Waals surface area contributed by atoms with Crippen molar-refractivity contribution in [2.24, 2.45) is 5.73 Å². The molecule has 0 radical (unpaired) electrons. The van der Waals surface area contributed by atoms with Crippen molar-refractivity contribution in [3.05, 3.63) is 42.0 Å². The Morgan fingerprint density at radius 1 is 1.38 bits per heavy atom. The normalized spacial score (nSPS) is 10.6. The molecule has 0 aliphatic carbocycles. The predicted octanol–water partition coefficient (Wildman–Crippen LogP) is 2.06. The summed E-state index contributed by atoms with van der Waals surface area (Å²) in [5.41, 5.74) is 6.25. The van der Waals surface area contributed by atoms with Crippen LogP contribution in [0.15, 0.2) is 36.4 Å². The van der Waals surface area contributed by atoms with Crippen molar-refractivity contribution < 1.29 is 9.53 Å². The van der Waals surface area contributed by atoms with E-state index in [-0.39, 0.29) is 5.91 Å². The van der Waals surface area contributed by atoms with E-state index in [2.05, 4.69) is 12.1 Å². The molecule has 0 aliphatic heterocycles. The molecule has 1 amide bonds. The first-order valence-electron chi connectivity index (χ1n) is 5.31. The predicted molar refractivity (Wildman–Crippen MR) is 64.3 cm³/mol. The standard InChI is InChI=1S/C13H17NO2/c1-16-12-9-7-11(8-10-12)5-3-2-4-6-13(14)15/h4,6-10H,2-3,5H2,1H3,(H2,14,15). The summed E-state index contributed by atoms with van der Waals surface area (Å²) in [4.78, 5) is 10.4. The van der Waals surface area contributed by atoms with E-state index in [9.17, 15) is 4.79 Å². The van der Waals surface area contributed by atoms with E-state index in [4.69, 9.17) is 10.5 Å². The first-order chi connectivity index (χ1) is 7.72. The number of amides is 1. The van der Waals surface area contributed by atoms with Crippen molar-refractivity contribution >= 4 is 5.91 Å². The lowest BCUT2D eigenvalue weighted by molar-refractivity contribution is -0.113. The lowest BCUT2D eigenvalue weighted by Gasteiger charge is -2.02. The van der Waals surface area contributed by atoms with Crippen LogP contribution in [0.4, 0.5) is 0 Å². The quantitative estimate of drug-likeness (QED) is 0.588. The molecule has 0 heterocycles. The molecule has 1 rings (SSSR count). The largest absolute Gasteiger partial charge is 0.497 e. The van der Waals surface area contributed by atoms with Crippen LogP contribution in [0.25, 0.3) is 0 Å². The molecule has 0 aromatic heterocycles. The van der Waals surface area contributed by atoms with Gasteiger partial charge in [0, 0.05) is 0 Å². The zero-order chi connectivity index (χ0) is 11.8. The summed E-state index contributed by atoms with van der Waals surface area (Å²) in [6.07, 6.45) is 6.10. The number of carbonyl (C=O) groups excluding carboxylic acids is 1. The highest BCUT2D eigenvalue weighted by molar-refractivity contribution is 5.85. The lowest BCUT2D eigenvalue weighted by atomic mass is 10.1. The maximum absolute atomic E-state index is 10.4. The summed E-state index contributed by atoms with van der Waals surface area (Å²) in [5.74, 6) is 0.488. The number of allylic oxidation sites excluding steroid dienone is 1. The third-order valence-corrected chi connectivity index (χ3v) is 2.28. The summed E-state index contributed by atoms with van der Waals surface area (Å²) in [6.45, 7) is 0. The van der Waals surface area contributed by atoms with E-state index >= 15 is 0 Å². The SMILES string of the molecule is COc1ccc(CCCC=CC(N)=O)cc1. The number of hydrogen-bond donors (Lipinski definition) is 1. The van der Waals surface area contributed by atoms with Gasteiger partial charge in [0.2, 0.25) is 5.91 Å². The number of ether oxygens (including phenoxy) is 1. The van der Waals surface area contributed by atoms with Gasteiger partial charge in [-0.25, -0.2) is 0 Å². The van der Waals surface area contributed by atoms with Gasteiger partial charge in [-0.05, 0) is 43.0 Å². The van der Waals surface area contributed by atoms with Crippen LogP contribution in [0.3, 0.4) is 0 Å². The fraction of sp³-hybridized carbons (Fsp3) is 0.308. The third-order valence-electron chi connectivity index (χ3n) is 2.28. The van der Waals surface area contributed by atoms with Gasteiger partial charge < -0.3 is 10.5 Å². The van der Waals surface area contributed by atoms with Gasteiger partial charge in [-0.1, -0.05) is 18.2 Å². The fourth-order valence-electron chi connectivity index (χ4n) is 1.42. The maximum atomic E-state index is 10.4. The number of primary amides is 1. The molecule has 2 N–H and O–H groups in total. The number of unbranched alkanes of at least 4 members (excludes halogenated alkanes) is 1. The summed E-state index contributed by atoms with van der Waals surface area (Å²) in [5, 5.41) is 0. The highest BCUT2D eigenvalue weighted by Crippen LogP contribution is 2.13. The number of benzene rings is 1. The van der Waals surface area contributed by atoms with Crippen LogP contribution in [-0.4, -0.2) is 13.0 Å². The number of nitrogens with two attached hydrogens (primary N) is 1. The minimum Gasteiger partial charge on any atom is -0.497 e. The third kappa shape index (κ3) is 4.64.